The largest absolute Gasteiger partial charge is 0.524 e. The van der Waals surface area contributed by atoms with E-state index in [0.29, 0.717) is 55.0 Å². The molecule has 2 atom stereocenters. The number of phosphoric acid groups is 1. The minimum Gasteiger partial charge on any atom is -0.507 e. The van der Waals surface area contributed by atoms with Crippen LogP contribution in [0.3, 0.4) is 0 Å². The molecule has 4 aromatic rings. The molecule has 3 saturated carbocycles. The van der Waals surface area contributed by atoms with Crippen molar-refractivity contribution < 1.29 is 33.6 Å². The number of nitrogens with zero attached hydrogens (tertiary/aromatic N) is 2. The van der Waals surface area contributed by atoms with Gasteiger partial charge in [0.25, 0.3) is 0 Å². The van der Waals surface area contributed by atoms with E-state index < -0.39 is 18.7 Å². The smallest absolute Gasteiger partial charge is 0.507 e. The summed E-state index contributed by atoms with van der Waals surface area (Å²) in [6, 6.07) is 17.9. The second kappa shape index (κ2) is 9.84. The number of fused-ring (bicyclic) bond motifs is 6. The van der Waals surface area contributed by atoms with Gasteiger partial charge in [0.15, 0.2) is 0 Å². The number of rotatable bonds is 6. The molecule has 0 aromatic heterocycles. The average Bonchev–Trinajstić information content (AvgIpc) is 3.53. The molecule has 3 N–H and O–H groups in total. The van der Waals surface area contributed by atoms with E-state index in [1.54, 1.807) is 28.0 Å². The summed E-state index contributed by atoms with van der Waals surface area (Å²) < 4.78 is 16.9. The molecular formula is C33H29Cl2N2O7P. The third-order valence-electron chi connectivity index (χ3n) is 10.3. The highest BCUT2D eigenvalue weighted by molar-refractivity contribution is 7.46. The maximum Gasteiger partial charge on any atom is 0.524 e. The minimum absolute atomic E-state index is 0.00716. The molecule has 2 unspecified atom stereocenters. The summed E-state index contributed by atoms with van der Waals surface area (Å²) in [6.07, 6.45) is 1.22. The van der Waals surface area contributed by atoms with Crippen molar-refractivity contribution >= 4 is 75.8 Å². The van der Waals surface area contributed by atoms with Gasteiger partial charge in [-0.05, 0) is 41.2 Å². The molecule has 4 aromatic carbocycles. The zero-order chi connectivity index (χ0) is 31.5. The Morgan fingerprint density at radius 1 is 0.778 bits per heavy atom. The summed E-state index contributed by atoms with van der Waals surface area (Å²) in [7, 11) is -4.88. The fourth-order valence-electron chi connectivity index (χ4n) is 8.49. The van der Waals surface area contributed by atoms with Crippen LogP contribution < -0.4 is 14.3 Å². The van der Waals surface area contributed by atoms with Crippen molar-refractivity contribution in [2.24, 2.45) is 10.8 Å². The topological polar surface area (TPSA) is 128 Å². The van der Waals surface area contributed by atoms with Crippen molar-refractivity contribution in [2.45, 2.75) is 31.1 Å². The molecule has 2 heterocycles. The first-order chi connectivity index (χ1) is 21.5. The molecule has 9 nitrogen and oxygen atoms in total. The van der Waals surface area contributed by atoms with Gasteiger partial charge >= 0.3 is 7.82 Å². The van der Waals surface area contributed by atoms with Crippen LogP contribution in [0.2, 0.25) is 0 Å². The van der Waals surface area contributed by atoms with Crippen molar-refractivity contribution in [2.75, 3.05) is 34.6 Å². The lowest BCUT2D eigenvalue weighted by atomic mass is 9.34. The number of phenols is 1. The summed E-state index contributed by atoms with van der Waals surface area (Å²) in [6.45, 7) is 0.743. The number of anilines is 2. The molecule has 5 aliphatic rings. The van der Waals surface area contributed by atoms with Crippen molar-refractivity contribution in [3.63, 3.8) is 0 Å². The molecule has 2 amide bonds. The van der Waals surface area contributed by atoms with E-state index in [9.17, 15) is 29.0 Å². The van der Waals surface area contributed by atoms with Crippen molar-refractivity contribution in [3.05, 3.63) is 71.8 Å². The van der Waals surface area contributed by atoms with Crippen LogP contribution in [-0.4, -0.2) is 51.6 Å². The number of benzene rings is 4. The van der Waals surface area contributed by atoms with E-state index in [1.807, 2.05) is 36.4 Å². The highest BCUT2D eigenvalue weighted by atomic mass is 35.5. The van der Waals surface area contributed by atoms with Gasteiger partial charge in [0.05, 0.1) is 22.2 Å². The number of alkyl halides is 2. The lowest BCUT2D eigenvalue weighted by molar-refractivity contribution is -0.204. The molecule has 45 heavy (non-hydrogen) atoms. The van der Waals surface area contributed by atoms with E-state index >= 15 is 0 Å². The fourth-order valence-corrected chi connectivity index (χ4v) is 9.41. The van der Waals surface area contributed by atoms with E-state index in [1.165, 1.54) is 6.07 Å². The Balaban J connectivity index is 1.09. The SMILES string of the molecule is O=C(N1CC(CCl)c2c1cc(O)c1ccccc21)C12CC(C(=O)N3CC(CCl)c4c3cc(OP(=O)(O)O)c3ccccc43)(C1)C2. The molecule has 0 radical (unpaired) electrons. The van der Waals surface area contributed by atoms with Crippen LogP contribution >= 0.6 is 31.0 Å². The number of phosphoric ester groups is 1. The molecule has 2 bridgehead atoms. The molecule has 3 aliphatic carbocycles. The fraction of sp³-hybridized carbons (Fsp3) is 0.333. The lowest BCUT2D eigenvalue weighted by Gasteiger charge is -2.69. The number of phenolic OH excluding ortho intramolecular Hbond substituents is 1. The van der Waals surface area contributed by atoms with Crippen LogP contribution in [0, 0.1) is 10.8 Å². The van der Waals surface area contributed by atoms with Crippen LogP contribution in [-0.2, 0) is 14.2 Å². The first-order valence-electron chi connectivity index (χ1n) is 14.8. The average molecular weight is 667 g/mol. The van der Waals surface area contributed by atoms with E-state index in [2.05, 4.69) is 0 Å². The van der Waals surface area contributed by atoms with Gasteiger partial charge in [-0.15, -0.1) is 23.2 Å². The van der Waals surface area contributed by atoms with Crippen LogP contribution in [0.15, 0.2) is 60.7 Å². The van der Waals surface area contributed by atoms with Gasteiger partial charge in [-0.3, -0.25) is 19.4 Å². The Morgan fingerprint density at radius 3 is 1.71 bits per heavy atom. The molecule has 232 valence electrons. The molecule has 12 heteroatoms. The maximum absolute atomic E-state index is 14.2. The van der Waals surface area contributed by atoms with Crippen molar-refractivity contribution in [1.29, 1.82) is 0 Å². The van der Waals surface area contributed by atoms with Crippen molar-refractivity contribution in [1.82, 2.24) is 0 Å². The highest BCUT2D eigenvalue weighted by Crippen LogP contribution is 2.75. The number of amides is 2. The Labute approximate surface area is 268 Å². The predicted octanol–water partition coefficient (Wildman–Crippen LogP) is 6.38. The first kappa shape index (κ1) is 29.1. The van der Waals surface area contributed by atoms with Crippen LogP contribution in [0.4, 0.5) is 11.4 Å². The molecule has 2 aliphatic heterocycles. The lowest BCUT2D eigenvalue weighted by Crippen LogP contribution is -2.73. The number of hydrogen-bond acceptors (Lipinski definition) is 5. The predicted molar refractivity (Wildman–Crippen MR) is 173 cm³/mol. The van der Waals surface area contributed by atoms with E-state index in [-0.39, 0.29) is 41.0 Å². The molecule has 3 fully saturated rings. The molecule has 0 spiro atoms. The zero-order valence-corrected chi connectivity index (χ0v) is 26.4. The van der Waals surface area contributed by atoms with Crippen molar-refractivity contribution in [3.8, 4) is 11.5 Å². The highest BCUT2D eigenvalue weighted by Gasteiger charge is 2.76. The minimum atomic E-state index is -4.88. The number of carbonyl (C=O) groups excluding carboxylic acids is 2. The summed E-state index contributed by atoms with van der Waals surface area (Å²) in [4.78, 5) is 51.0. The second-order valence-electron chi connectivity index (χ2n) is 12.9. The van der Waals surface area contributed by atoms with Gasteiger partial charge in [0, 0.05) is 59.6 Å². The zero-order valence-electron chi connectivity index (χ0n) is 24.0. The van der Waals surface area contributed by atoms with Crippen LogP contribution in [0.5, 0.6) is 11.5 Å². The standard InChI is InChI=1S/C33H29Cl2N2O7P/c34-11-18-13-36(24-9-26(38)20-5-1-3-7-22(20)28(18)24)30(39)32-15-33(16-32,17-32)31(40)37-14-19(12-35)29-23-8-4-2-6-21(23)27(10-25(29)37)44-45(41,42)43/h1-10,18-19,38H,11-17H2,(H2,41,42,43). The Hall–Kier alpha value is -3.33. The van der Waals surface area contributed by atoms with Gasteiger partial charge in [-0.2, -0.15) is 0 Å². The van der Waals surface area contributed by atoms with E-state index in [4.69, 9.17) is 27.7 Å². The third-order valence-corrected chi connectivity index (χ3v) is 11.5. The van der Waals surface area contributed by atoms with Gasteiger partial charge in [-0.25, -0.2) is 4.57 Å². The molecular weight excluding hydrogens is 638 g/mol. The summed E-state index contributed by atoms with van der Waals surface area (Å²) in [5.74, 6) is 0.263. The number of hydrogen-bond donors (Lipinski definition) is 3. The maximum atomic E-state index is 14.2. The third kappa shape index (κ3) is 4.11. The number of carbonyl (C=O) groups is 2. The quantitative estimate of drug-likeness (QED) is 0.161. The van der Waals surface area contributed by atoms with Gasteiger partial charge in [-0.1, -0.05) is 48.5 Å². The second-order valence-corrected chi connectivity index (χ2v) is 14.7. The Kier molecular flexibility index (Phi) is 6.36. The molecule has 9 rings (SSSR count). The summed E-state index contributed by atoms with van der Waals surface area (Å²) >= 11 is 12.8. The Bertz CT molecular complexity index is 1990. The van der Waals surface area contributed by atoms with Crippen LogP contribution in [0.1, 0.15) is 42.2 Å². The van der Waals surface area contributed by atoms with Crippen LogP contribution in [0.25, 0.3) is 21.5 Å². The first-order valence-corrected chi connectivity index (χ1v) is 17.4. The number of halogens is 2. The van der Waals surface area contributed by atoms with Gasteiger partial charge in [0.1, 0.15) is 11.5 Å². The monoisotopic (exact) mass is 666 g/mol. The Morgan fingerprint density at radius 2 is 1.22 bits per heavy atom. The summed E-state index contributed by atoms with van der Waals surface area (Å²) in [5, 5.41) is 13.7. The summed E-state index contributed by atoms with van der Waals surface area (Å²) in [5.41, 5.74) is 1.64. The van der Waals surface area contributed by atoms with E-state index in [0.717, 1.165) is 27.3 Å². The normalized spacial score (nSPS) is 26.4. The van der Waals surface area contributed by atoms with Gasteiger partial charge in [0.2, 0.25) is 11.8 Å². The number of aromatic hydroxyl groups is 1. The molecule has 0 saturated heterocycles. The van der Waals surface area contributed by atoms with Gasteiger partial charge < -0.3 is 19.4 Å².